The molecule has 2 rings (SSSR count). The van der Waals surface area contributed by atoms with Crippen LogP contribution in [-0.2, 0) is 20.8 Å². The number of carboxylic acids is 1. The SMILES string of the molecule is CCc1cc(=O)oc2cc(C)cc(OCC(=O)NCC(=O)NC(C(=O)O)C(C)CC)c12. The Hall–Kier alpha value is -3.36. The highest BCUT2D eigenvalue weighted by atomic mass is 16.5. The molecule has 0 radical (unpaired) electrons. The third kappa shape index (κ3) is 6.31. The Bertz CT molecular complexity index is 1030. The van der Waals surface area contributed by atoms with Gasteiger partial charge in [-0.15, -0.1) is 0 Å². The van der Waals surface area contributed by atoms with Gasteiger partial charge in [-0.2, -0.15) is 0 Å². The predicted octanol–water partition coefficient (Wildman–Crippen LogP) is 1.77. The van der Waals surface area contributed by atoms with Crippen LogP contribution >= 0.6 is 0 Å². The molecule has 2 unspecified atom stereocenters. The summed E-state index contributed by atoms with van der Waals surface area (Å²) in [7, 11) is 0. The molecule has 0 aliphatic heterocycles. The van der Waals surface area contributed by atoms with Crippen molar-refractivity contribution in [1.29, 1.82) is 0 Å². The van der Waals surface area contributed by atoms with Gasteiger partial charge in [0.25, 0.3) is 5.91 Å². The van der Waals surface area contributed by atoms with E-state index in [-0.39, 0.29) is 19.1 Å². The van der Waals surface area contributed by atoms with Gasteiger partial charge in [0.05, 0.1) is 11.9 Å². The minimum Gasteiger partial charge on any atom is -0.483 e. The Kier molecular flexibility index (Phi) is 8.18. The minimum atomic E-state index is -1.12. The van der Waals surface area contributed by atoms with Gasteiger partial charge in [-0.05, 0) is 42.5 Å². The lowest BCUT2D eigenvalue weighted by atomic mass is 9.99. The van der Waals surface area contributed by atoms with Gasteiger partial charge < -0.3 is 24.9 Å². The average Bonchev–Trinajstić information content (AvgIpc) is 2.72. The van der Waals surface area contributed by atoms with Crippen molar-refractivity contribution in [1.82, 2.24) is 10.6 Å². The second-order valence-corrected chi connectivity index (χ2v) is 7.41. The molecule has 168 valence electrons. The number of aliphatic carboxylic acids is 1. The number of fused-ring (bicyclic) bond motifs is 1. The van der Waals surface area contributed by atoms with Crippen LogP contribution in [0.25, 0.3) is 11.0 Å². The molecule has 1 aromatic heterocycles. The summed E-state index contributed by atoms with van der Waals surface area (Å²) in [6, 6.07) is 3.84. The summed E-state index contributed by atoms with van der Waals surface area (Å²) in [5, 5.41) is 14.7. The second-order valence-electron chi connectivity index (χ2n) is 7.41. The molecule has 2 amide bonds. The van der Waals surface area contributed by atoms with E-state index in [0.29, 0.717) is 29.6 Å². The first-order valence-corrected chi connectivity index (χ1v) is 10.1. The predicted molar refractivity (Wildman–Crippen MR) is 114 cm³/mol. The summed E-state index contributed by atoms with van der Waals surface area (Å²) < 4.78 is 10.9. The van der Waals surface area contributed by atoms with E-state index in [1.54, 1.807) is 19.1 Å². The van der Waals surface area contributed by atoms with E-state index < -0.39 is 29.5 Å². The van der Waals surface area contributed by atoms with Gasteiger partial charge in [0.15, 0.2) is 6.61 Å². The minimum absolute atomic E-state index is 0.247. The fourth-order valence-electron chi connectivity index (χ4n) is 3.14. The number of carbonyl (C=O) groups excluding carboxylic acids is 2. The Morgan fingerprint density at radius 1 is 1.16 bits per heavy atom. The number of carboxylic acid groups (broad SMARTS) is 1. The highest BCUT2D eigenvalue weighted by Crippen LogP contribution is 2.30. The molecule has 2 aromatic rings. The maximum atomic E-state index is 12.2. The number of aryl methyl sites for hydroxylation is 2. The number of ether oxygens (including phenoxy) is 1. The van der Waals surface area contributed by atoms with Gasteiger partial charge in [-0.25, -0.2) is 9.59 Å². The van der Waals surface area contributed by atoms with Crippen molar-refractivity contribution in [3.63, 3.8) is 0 Å². The van der Waals surface area contributed by atoms with Crippen LogP contribution in [0.3, 0.4) is 0 Å². The van der Waals surface area contributed by atoms with Crippen molar-refractivity contribution in [3.05, 3.63) is 39.7 Å². The fraction of sp³-hybridized carbons (Fsp3) is 0.455. The Labute approximate surface area is 179 Å². The lowest BCUT2D eigenvalue weighted by molar-refractivity contribution is -0.143. The van der Waals surface area contributed by atoms with Crippen molar-refractivity contribution >= 4 is 28.8 Å². The summed E-state index contributed by atoms with van der Waals surface area (Å²) >= 11 is 0. The van der Waals surface area contributed by atoms with Crippen LogP contribution in [0, 0.1) is 12.8 Å². The normalized spacial score (nSPS) is 12.8. The van der Waals surface area contributed by atoms with Gasteiger partial charge in [0, 0.05) is 6.07 Å². The average molecular weight is 432 g/mol. The molecule has 3 N–H and O–H groups in total. The molecule has 0 saturated carbocycles. The Balaban J connectivity index is 2.02. The number of hydrogen-bond donors (Lipinski definition) is 3. The van der Waals surface area contributed by atoms with Crippen molar-refractivity contribution in [2.75, 3.05) is 13.2 Å². The highest BCUT2D eigenvalue weighted by molar-refractivity contribution is 5.90. The van der Waals surface area contributed by atoms with E-state index in [0.717, 1.165) is 11.1 Å². The molecule has 0 saturated heterocycles. The zero-order chi connectivity index (χ0) is 23.1. The molecule has 9 nitrogen and oxygen atoms in total. The van der Waals surface area contributed by atoms with Crippen LogP contribution in [0.15, 0.2) is 27.4 Å². The number of hydrogen-bond acceptors (Lipinski definition) is 6. The van der Waals surface area contributed by atoms with Crippen LogP contribution in [0.5, 0.6) is 5.75 Å². The summed E-state index contributed by atoms with van der Waals surface area (Å²) in [4.78, 5) is 47.2. The zero-order valence-electron chi connectivity index (χ0n) is 18.1. The van der Waals surface area contributed by atoms with E-state index in [1.165, 1.54) is 6.07 Å². The largest absolute Gasteiger partial charge is 0.483 e. The zero-order valence-corrected chi connectivity index (χ0v) is 18.1. The van der Waals surface area contributed by atoms with E-state index in [1.807, 2.05) is 20.8 Å². The highest BCUT2D eigenvalue weighted by Gasteiger charge is 2.25. The Morgan fingerprint density at radius 3 is 2.48 bits per heavy atom. The molecular weight excluding hydrogens is 404 g/mol. The van der Waals surface area contributed by atoms with Crippen LogP contribution < -0.4 is 21.0 Å². The first-order chi connectivity index (χ1) is 14.7. The number of benzene rings is 1. The van der Waals surface area contributed by atoms with E-state index in [9.17, 15) is 24.3 Å². The van der Waals surface area contributed by atoms with Gasteiger partial charge in [-0.1, -0.05) is 27.2 Å². The summed E-state index contributed by atoms with van der Waals surface area (Å²) in [6.07, 6.45) is 1.16. The molecule has 31 heavy (non-hydrogen) atoms. The van der Waals surface area contributed by atoms with Crippen LogP contribution in [0.1, 0.15) is 38.3 Å². The van der Waals surface area contributed by atoms with Crippen LogP contribution in [-0.4, -0.2) is 42.1 Å². The lowest BCUT2D eigenvalue weighted by Gasteiger charge is -2.20. The van der Waals surface area contributed by atoms with Crippen molar-refractivity contribution in [3.8, 4) is 5.75 Å². The van der Waals surface area contributed by atoms with Gasteiger partial charge in [0.2, 0.25) is 5.91 Å². The maximum Gasteiger partial charge on any atom is 0.336 e. The lowest BCUT2D eigenvalue weighted by Crippen LogP contribution is -2.48. The van der Waals surface area contributed by atoms with Gasteiger partial charge in [-0.3, -0.25) is 9.59 Å². The second kappa shape index (κ2) is 10.6. The summed E-state index contributed by atoms with van der Waals surface area (Å²) in [6.45, 7) is 6.53. The fourth-order valence-corrected chi connectivity index (χ4v) is 3.14. The Morgan fingerprint density at radius 2 is 1.87 bits per heavy atom. The monoisotopic (exact) mass is 432 g/mol. The molecule has 0 spiro atoms. The molecule has 9 heteroatoms. The number of carbonyl (C=O) groups is 3. The first kappa shape index (κ1) is 23.9. The van der Waals surface area contributed by atoms with Crippen LogP contribution in [0.2, 0.25) is 0 Å². The van der Waals surface area contributed by atoms with E-state index >= 15 is 0 Å². The maximum absolute atomic E-state index is 12.2. The molecule has 0 aliphatic carbocycles. The standard InChI is InChI=1S/C22H28N2O7/c1-5-13(4)21(22(28)29)24-17(25)10-23-18(26)11-30-15-7-12(3)8-16-20(15)14(6-2)9-19(27)31-16/h7-9,13,21H,5-6,10-11H2,1-4H3,(H,23,26)(H,24,25)(H,28,29). The summed E-state index contributed by atoms with van der Waals surface area (Å²) in [5.74, 6) is -2.12. The van der Waals surface area contributed by atoms with Crippen molar-refractivity contribution in [2.24, 2.45) is 5.92 Å². The topological polar surface area (TPSA) is 135 Å². The molecule has 0 bridgehead atoms. The summed E-state index contributed by atoms with van der Waals surface area (Å²) in [5.41, 5.74) is 1.46. The number of amides is 2. The number of nitrogens with one attached hydrogen (secondary N) is 2. The third-order valence-electron chi connectivity index (χ3n) is 5.02. The van der Waals surface area contributed by atoms with Crippen molar-refractivity contribution in [2.45, 2.75) is 46.6 Å². The van der Waals surface area contributed by atoms with Crippen LogP contribution in [0.4, 0.5) is 0 Å². The smallest absolute Gasteiger partial charge is 0.336 e. The molecule has 1 aromatic carbocycles. The quantitative estimate of drug-likeness (QED) is 0.487. The van der Waals surface area contributed by atoms with Crippen molar-refractivity contribution < 1.29 is 28.6 Å². The molecule has 0 aliphatic rings. The third-order valence-corrected chi connectivity index (χ3v) is 5.02. The van der Waals surface area contributed by atoms with Gasteiger partial charge >= 0.3 is 11.6 Å². The number of rotatable bonds is 10. The molecule has 0 fully saturated rings. The molecule has 1 heterocycles. The van der Waals surface area contributed by atoms with Gasteiger partial charge in [0.1, 0.15) is 17.4 Å². The van der Waals surface area contributed by atoms with E-state index in [4.69, 9.17) is 9.15 Å². The molecule has 2 atom stereocenters. The first-order valence-electron chi connectivity index (χ1n) is 10.1. The molecular formula is C22H28N2O7. The van der Waals surface area contributed by atoms with E-state index in [2.05, 4.69) is 10.6 Å².